The molecule has 0 aliphatic carbocycles. The van der Waals surface area contributed by atoms with Crippen LogP contribution in [0, 0.1) is 18.3 Å². The summed E-state index contributed by atoms with van der Waals surface area (Å²) in [7, 11) is 0. The molecule has 2 aromatic carbocycles. The summed E-state index contributed by atoms with van der Waals surface area (Å²) in [5, 5.41) is 12.6. The third kappa shape index (κ3) is 4.04. The third-order valence-corrected chi connectivity index (χ3v) is 5.40. The van der Waals surface area contributed by atoms with Gasteiger partial charge in [-0.3, -0.25) is 10.2 Å². The average Bonchev–Trinajstić information content (AvgIpc) is 3.22. The van der Waals surface area contributed by atoms with E-state index >= 15 is 0 Å². The van der Waals surface area contributed by atoms with Gasteiger partial charge in [0.2, 0.25) is 0 Å². The first kappa shape index (κ1) is 19.3. The van der Waals surface area contributed by atoms with Gasteiger partial charge in [0.05, 0.1) is 16.8 Å². The smallest absolute Gasteiger partial charge is 0.270 e. The van der Waals surface area contributed by atoms with Crippen molar-refractivity contribution in [3.05, 3.63) is 88.5 Å². The van der Waals surface area contributed by atoms with Gasteiger partial charge in [0.15, 0.2) is 0 Å². The van der Waals surface area contributed by atoms with Crippen LogP contribution in [-0.4, -0.2) is 15.9 Å². The lowest BCUT2D eigenvalue weighted by Crippen LogP contribution is -2.34. The molecule has 0 aliphatic rings. The Labute approximate surface area is 177 Å². The first-order chi connectivity index (χ1) is 14.7. The number of nitrogens with zero attached hydrogens (tertiary/aromatic N) is 3. The van der Waals surface area contributed by atoms with Crippen LogP contribution in [0.1, 0.15) is 21.1 Å². The van der Waals surface area contributed by atoms with E-state index in [1.54, 1.807) is 6.07 Å². The lowest BCUT2D eigenvalue weighted by Gasteiger charge is -2.10. The highest BCUT2D eigenvalue weighted by molar-refractivity contribution is 7.10. The highest BCUT2D eigenvalue weighted by Crippen LogP contribution is 2.24. The van der Waals surface area contributed by atoms with E-state index in [1.807, 2.05) is 66.9 Å². The molecule has 6 nitrogen and oxygen atoms in total. The fourth-order valence-corrected chi connectivity index (χ4v) is 3.74. The molecule has 0 aliphatic heterocycles. The number of aromatic nitrogens is 2. The second-order valence-electron chi connectivity index (χ2n) is 6.50. The second-order valence-corrected chi connectivity index (χ2v) is 7.36. The topological polar surface area (TPSA) is 90.7 Å². The minimum atomic E-state index is -0.324. The van der Waals surface area contributed by atoms with Crippen molar-refractivity contribution in [2.45, 2.75) is 6.92 Å². The number of aryl methyl sites for hydroxylation is 1. The van der Waals surface area contributed by atoms with Crippen LogP contribution >= 0.6 is 11.3 Å². The summed E-state index contributed by atoms with van der Waals surface area (Å²) in [6.45, 7) is 1.86. The highest BCUT2D eigenvalue weighted by Gasteiger charge is 2.14. The van der Waals surface area contributed by atoms with E-state index in [4.69, 9.17) is 4.98 Å². The lowest BCUT2D eigenvalue weighted by atomic mass is 10.0. The molecule has 146 valence electrons. The van der Waals surface area contributed by atoms with Crippen LogP contribution in [0.3, 0.4) is 0 Å². The van der Waals surface area contributed by atoms with Gasteiger partial charge in [-0.2, -0.15) is 5.26 Å². The summed E-state index contributed by atoms with van der Waals surface area (Å²) in [6, 6.07) is 21.1. The van der Waals surface area contributed by atoms with E-state index in [0.717, 1.165) is 22.2 Å². The summed E-state index contributed by atoms with van der Waals surface area (Å²) in [4.78, 5) is 21.9. The number of nitrogens with one attached hydrogen (secondary N) is 2. The maximum Gasteiger partial charge on any atom is 0.270 e. The summed E-state index contributed by atoms with van der Waals surface area (Å²) in [5.74, 6) is -0.324. The predicted octanol–water partition coefficient (Wildman–Crippen LogP) is 4.47. The van der Waals surface area contributed by atoms with E-state index in [9.17, 15) is 10.1 Å². The molecule has 0 spiro atoms. The Morgan fingerprint density at radius 3 is 2.60 bits per heavy atom. The van der Waals surface area contributed by atoms with E-state index in [0.29, 0.717) is 21.8 Å². The van der Waals surface area contributed by atoms with Crippen LogP contribution in [0.5, 0.6) is 0 Å². The zero-order valence-electron chi connectivity index (χ0n) is 16.1. The molecule has 1 amide bonds. The van der Waals surface area contributed by atoms with E-state index in [1.165, 1.54) is 17.5 Å². The number of rotatable bonds is 5. The number of amides is 1. The molecule has 0 atom stereocenters. The molecule has 2 heterocycles. The number of para-hydroxylation sites is 1. The van der Waals surface area contributed by atoms with Gasteiger partial charge in [0.25, 0.3) is 5.91 Å². The molecule has 0 radical (unpaired) electrons. The molecule has 30 heavy (non-hydrogen) atoms. The monoisotopic (exact) mass is 411 g/mol. The normalized spacial score (nSPS) is 11.1. The molecule has 4 aromatic rings. The second kappa shape index (κ2) is 8.55. The number of benzene rings is 2. The van der Waals surface area contributed by atoms with Crippen molar-refractivity contribution >= 4 is 33.7 Å². The quantitative estimate of drug-likeness (QED) is 0.374. The Morgan fingerprint density at radius 1 is 1.10 bits per heavy atom. The summed E-state index contributed by atoms with van der Waals surface area (Å²) < 4.78 is 0. The number of thiazole rings is 1. The zero-order chi connectivity index (χ0) is 20.9. The molecule has 0 saturated heterocycles. The average molecular weight is 411 g/mol. The van der Waals surface area contributed by atoms with Crippen molar-refractivity contribution in [1.82, 2.24) is 20.8 Å². The van der Waals surface area contributed by atoms with Crippen LogP contribution in [-0.2, 0) is 0 Å². The molecule has 0 fully saturated rings. The standard InChI is InChI=1S/C23H17N5OS/c1-15-14-30-23(26-15)17(12-24)13-25-28-22(29)19-11-21(16-7-3-2-4-8-16)27-20-10-6-5-9-18(19)20/h2-11,13-14,25H,1H3,(H,28,29)/b17-13+. The van der Waals surface area contributed by atoms with Crippen molar-refractivity contribution in [1.29, 1.82) is 5.26 Å². The minimum absolute atomic E-state index is 0.324. The number of nitriles is 1. The number of pyridine rings is 1. The predicted molar refractivity (Wildman–Crippen MR) is 118 cm³/mol. The van der Waals surface area contributed by atoms with Crippen molar-refractivity contribution in [3.8, 4) is 17.3 Å². The Hall–Kier alpha value is -4.02. The van der Waals surface area contributed by atoms with Gasteiger partial charge in [-0.05, 0) is 19.1 Å². The van der Waals surface area contributed by atoms with E-state index in [2.05, 4.69) is 21.9 Å². The first-order valence-electron chi connectivity index (χ1n) is 9.19. The van der Waals surface area contributed by atoms with Crippen LogP contribution in [0.2, 0.25) is 0 Å². The molecule has 2 N–H and O–H groups in total. The fourth-order valence-electron chi connectivity index (χ4n) is 2.98. The number of hydrogen-bond acceptors (Lipinski definition) is 6. The fraction of sp³-hybridized carbons (Fsp3) is 0.0435. The molecule has 0 unspecified atom stereocenters. The van der Waals surface area contributed by atoms with Crippen LogP contribution in [0.15, 0.2) is 72.2 Å². The van der Waals surface area contributed by atoms with Gasteiger partial charge in [-0.25, -0.2) is 9.97 Å². The molecule has 2 aromatic heterocycles. The minimum Gasteiger partial charge on any atom is -0.304 e. The Balaban J connectivity index is 1.63. The van der Waals surface area contributed by atoms with Crippen LogP contribution < -0.4 is 10.9 Å². The van der Waals surface area contributed by atoms with Crippen molar-refractivity contribution in [3.63, 3.8) is 0 Å². The molecule has 7 heteroatoms. The molecular weight excluding hydrogens is 394 g/mol. The van der Waals surface area contributed by atoms with Gasteiger partial charge in [0, 0.05) is 28.2 Å². The number of carbonyl (C=O) groups excluding carboxylic acids is 1. The van der Waals surface area contributed by atoms with Gasteiger partial charge < -0.3 is 5.43 Å². The molecule has 4 rings (SSSR count). The Bertz CT molecular complexity index is 1290. The Morgan fingerprint density at radius 2 is 1.87 bits per heavy atom. The third-order valence-electron chi connectivity index (χ3n) is 4.40. The van der Waals surface area contributed by atoms with Gasteiger partial charge in [-0.15, -0.1) is 11.3 Å². The summed E-state index contributed by atoms with van der Waals surface area (Å²) in [5.41, 5.74) is 9.42. The molecule has 0 saturated carbocycles. The molecule has 0 bridgehead atoms. The maximum atomic E-state index is 12.9. The van der Waals surface area contributed by atoms with Gasteiger partial charge in [0.1, 0.15) is 16.6 Å². The molecular formula is C23H17N5OS. The van der Waals surface area contributed by atoms with Gasteiger partial charge in [-0.1, -0.05) is 48.5 Å². The number of carbonyl (C=O) groups is 1. The van der Waals surface area contributed by atoms with Crippen molar-refractivity contribution < 1.29 is 4.79 Å². The zero-order valence-corrected chi connectivity index (χ0v) is 16.9. The number of hydrogen-bond donors (Lipinski definition) is 2. The SMILES string of the molecule is Cc1csc(/C(C#N)=C/NNC(=O)c2cc(-c3ccccc3)nc3ccccc23)n1. The number of fused-ring (bicyclic) bond motifs is 1. The lowest BCUT2D eigenvalue weighted by molar-refractivity contribution is 0.0942. The van der Waals surface area contributed by atoms with Gasteiger partial charge >= 0.3 is 0 Å². The summed E-state index contributed by atoms with van der Waals surface area (Å²) >= 11 is 1.38. The Kier molecular flexibility index (Phi) is 5.50. The number of hydrazine groups is 1. The summed E-state index contributed by atoms with van der Waals surface area (Å²) in [6.07, 6.45) is 1.44. The first-order valence-corrected chi connectivity index (χ1v) is 10.1. The maximum absolute atomic E-state index is 12.9. The van der Waals surface area contributed by atoms with E-state index < -0.39 is 0 Å². The van der Waals surface area contributed by atoms with Crippen molar-refractivity contribution in [2.75, 3.05) is 0 Å². The number of allylic oxidation sites excluding steroid dienone is 1. The van der Waals surface area contributed by atoms with E-state index in [-0.39, 0.29) is 5.91 Å². The van der Waals surface area contributed by atoms with Crippen molar-refractivity contribution in [2.24, 2.45) is 0 Å². The van der Waals surface area contributed by atoms with Crippen LogP contribution in [0.25, 0.3) is 27.7 Å². The highest BCUT2D eigenvalue weighted by atomic mass is 32.1. The largest absolute Gasteiger partial charge is 0.304 e. The van der Waals surface area contributed by atoms with Crippen LogP contribution in [0.4, 0.5) is 0 Å².